The van der Waals surface area contributed by atoms with Crippen molar-refractivity contribution in [3.8, 4) is 0 Å². The maximum absolute atomic E-state index is 12.3. The van der Waals surface area contributed by atoms with Crippen molar-refractivity contribution in [1.82, 2.24) is 10.5 Å². The number of amides is 1. The maximum atomic E-state index is 12.3. The molecule has 1 aromatic heterocycles. The van der Waals surface area contributed by atoms with Crippen LogP contribution >= 0.6 is 11.6 Å². The molecule has 2 rings (SSSR count). The first kappa shape index (κ1) is 15.4. The first-order valence-corrected chi connectivity index (χ1v) is 7.14. The number of anilines is 1. The van der Waals surface area contributed by atoms with Crippen LogP contribution < -0.4 is 10.6 Å². The predicted molar refractivity (Wildman–Crippen MR) is 82.8 cm³/mol. The molecule has 0 saturated carbocycles. The Balaban J connectivity index is 2.15. The molecule has 112 valence electrons. The molecule has 0 saturated heterocycles. The Morgan fingerprint density at radius 3 is 2.76 bits per heavy atom. The number of hydrogen-bond acceptors (Lipinski definition) is 4. The molecule has 0 spiro atoms. The van der Waals surface area contributed by atoms with Crippen molar-refractivity contribution < 1.29 is 9.32 Å². The van der Waals surface area contributed by atoms with Gasteiger partial charge in [0.05, 0.1) is 11.3 Å². The number of benzene rings is 1. The fourth-order valence-corrected chi connectivity index (χ4v) is 2.24. The molecule has 6 heteroatoms. The van der Waals surface area contributed by atoms with Gasteiger partial charge in [-0.25, -0.2) is 0 Å². The van der Waals surface area contributed by atoms with Crippen molar-refractivity contribution in [2.75, 3.05) is 11.9 Å². The van der Waals surface area contributed by atoms with Crippen LogP contribution in [0.2, 0.25) is 5.02 Å². The minimum atomic E-state index is -0.187. The summed E-state index contributed by atoms with van der Waals surface area (Å²) in [6, 6.07) is 5.21. The van der Waals surface area contributed by atoms with E-state index in [1.807, 2.05) is 20.8 Å². The maximum Gasteiger partial charge on any atom is 0.253 e. The zero-order chi connectivity index (χ0) is 15.4. The third-order valence-corrected chi connectivity index (χ3v) is 3.44. The van der Waals surface area contributed by atoms with E-state index < -0.39 is 0 Å². The van der Waals surface area contributed by atoms with E-state index in [4.69, 9.17) is 16.1 Å². The van der Waals surface area contributed by atoms with E-state index in [0.717, 1.165) is 23.5 Å². The zero-order valence-corrected chi connectivity index (χ0v) is 13.0. The molecular weight excluding hydrogens is 290 g/mol. The van der Waals surface area contributed by atoms with E-state index >= 15 is 0 Å². The van der Waals surface area contributed by atoms with Crippen LogP contribution in [0.4, 0.5) is 5.69 Å². The van der Waals surface area contributed by atoms with Gasteiger partial charge in [0.1, 0.15) is 5.76 Å². The van der Waals surface area contributed by atoms with Crippen LogP contribution in [-0.2, 0) is 6.54 Å². The first-order chi connectivity index (χ1) is 10.0. The van der Waals surface area contributed by atoms with Crippen molar-refractivity contribution >= 4 is 23.2 Å². The zero-order valence-electron chi connectivity index (χ0n) is 12.3. The fourth-order valence-electron chi connectivity index (χ4n) is 2.07. The van der Waals surface area contributed by atoms with E-state index in [1.165, 1.54) is 0 Å². The Morgan fingerprint density at radius 1 is 1.38 bits per heavy atom. The average molecular weight is 308 g/mol. The number of hydrogen-bond donors (Lipinski definition) is 2. The molecule has 0 fully saturated rings. The van der Waals surface area contributed by atoms with E-state index in [1.54, 1.807) is 18.2 Å². The van der Waals surface area contributed by atoms with Gasteiger partial charge in [-0.1, -0.05) is 16.8 Å². The lowest BCUT2D eigenvalue weighted by molar-refractivity contribution is 0.0951. The molecule has 1 aromatic carbocycles. The van der Waals surface area contributed by atoms with Crippen molar-refractivity contribution in [3.63, 3.8) is 0 Å². The van der Waals surface area contributed by atoms with Crippen molar-refractivity contribution in [2.45, 2.75) is 27.3 Å². The monoisotopic (exact) mass is 307 g/mol. The molecule has 0 aliphatic heterocycles. The van der Waals surface area contributed by atoms with Crippen LogP contribution in [0.3, 0.4) is 0 Å². The standard InChI is InChI=1S/C15H18ClN3O2/c1-4-17-14-6-5-11(16)7-12(14)15(20)18-8-13-9(2)19-21-10(13)3/h5-7,17H,4,8H2,1-3H3,(H,18,20). The summed E-state index contributed by atoms with van der Waals surface area (Å²) in [4.78, 5) is 12.3. The highest BCUT2D eigenvalue weighted by Gasteiger charge is 2.14. The Morgan fingerprint density at radius 2 is 2.14 bits per heavy atom. The van der Waals surface area contributed by atoms with Gasteiger partial charge in [0.15, 0.2) is 0 Å². The number of halogens is 1. The quantitative estimate of drug-likeness (QED) is 0.889. The van der Waals surface area contributed by atoms with Crippen molar-refractivity contribution in [3.05, 3.63) is 45.8 Å². The molecule has 2 N–H and O–H groups in total. The van der Waals surface area contributed by atoms with Gasteiger partial charge in [0.25, 0.3) is 5.91 Å². The summed E-state index contributed by atoms with van der Waals surface area (Å²) in [5, 5.41) is 10.4. The van der Waals surface area contributed by atoms with Crippen LogP contribution in [0.25, 0.3) is 0 Å². The van der Waals surface area contributed by atoms with Gasteiger partial charge >= 0.3 is 0 Å². The van der Waals surface area contributed by atoms with E-state index in [2.05, 4.69) is 15.8 Å². The Labute approximate surface area is 128 Å². The minimum absolute atomic E-state index is 0.187. The summed E-state index contributed by atoms with van der Waals surface area (Å²) in [6.07, 6.45) is 0. The number of rotatable bonds is 5. The second-order valence-corrected chi connectivity index (χ2v) is 5.14. The lowest BCUT2D eigenvalue weighted by atomic mass is 10.1. The topological polar surface area (TPSA) is 67.2 Å². The third kappa shape index (κ3) is 3.55. The van der Waals surface area contributed by atoms with E-state index in [-0.39, 0.29) is 5.91 Å². The number of aromatic nitrogens is 1. The number of nitrogens with zero attached hydrogens (tertiary/aromatic N) is 1. The molecule has 0 aliphatic rings. The lowest BCUT2D eigenvalue weighted by Gasteiger charge is -2.11. The Bertz CT molecular complexity index is 633. The summed E-state index contributed by atoms with van der Waals surface area (Å²) in [5.74, 6) is 0.527. The molecule has 0 bridgehead atoms. The molecule has 5 nitrogen and oxygen atoms in total. The normalized spacial score (nSPS) is 10.5. The Kier molecular flexibility index (Phi) is 4.85. The van der Waals surface area contributed by atoms with E-state index in [0.29, 0.717) is 22.9 Å². The molecule has 0 aliphatic carbocycles. The van der Waals surface area contributed by atoms with Gasteiger partial charge in [-0.05, 0) is 39.0 Å². The van der Waals surface area contributed by atoms with Crippen LogP contribution in [-0.4, -0.2) is 17.6 Å². The summed E-state index contributed by atoms with van der Waals surface area (Å²) in [7, 11) is 0. The number of carbonyl (C=O) groups is 1. The van der Waals surface area contributed by atoms with Gasteiger partial charge in [-0.15, -0.1) is 0 Å². The number of nitrogens with one attached hydrogen (secondary N) is 2. The lowest BCUT2D eigenvalue weighted by Crippen LogP contribution is -2.24. The Hall–Kier alpha value is -2.01. The number of carbonyl (C=O) groups excluding carboxylic acids is 1. The van der Waals surface area contributed by atoms with Crippen molar-refractivity contribution in [2.24, 2.45) is 0 Å². The van der Waals surface area contributed by atoms with Crippen LogP contribution in [0, 0.1) is 13.8 Å². The van der Waals surface area contributed by atoms with Gasteiger partial charge in [-0.2, -0.15) is 0 Å². The first-order valence-electron chi connectivity index (χ1n) is 6.76. The average Bonchev–Trinajstić information content (AvgIpc) is 2.77. The largest absolute Gasteiger partial charge is 0.385 e. The molecule has 1 amide bonds. The van der Waals surface area contributed by atoms with Gasteiger partial charge in [0.2, 0.25) is 0 Å². The summed E-state index contributed by atoms with van der Waals surface area (Å²) < 4.78 is 5.08. The summed E-state index contributed by atoms with van der Waals surface area (Å²) in [5.41, 5.74) is 2.97. The highest BCUT2D eigenvalue weighted by molar-refractivity contribution is 6.31. The second kappa shape index (κ2) is 6.63. The molecule has 0 atom stereocenters. The molecular formula is C15H18ClN3O2. The van der Waals surface area contributed by atoms with Crippen LogP contribution in [0.5, 0.6) is 0 Å². The summed E-state index contributed by atoms with van der Waals surface area (Å²) >= 11 is 5.98. The summed E-state index contributed by atoms with van der Waals surface area (Å²) in [6.45, 7) is 6.75. The molecule has 0 radical (unpaired) electrons. The highest BCUT2D eigenvalue weighted by Crippen LogP contribution is 2.21. The van der Waals surface area contributed by atoms with Crippen LogP contribution in [0.1, 0.15) is 34.3 Å². The van der Waals surface area contributed by atoms with Gasteiger partial charge < -0.3 is 15.2 Å². The molecule has 0 unspecified atom stereocenters. The molecule has 1 heterocycles. The second-order valence-electron chi connectivity index (χ2n) is 4.71. The van der Waals surface area contributed by atoms with Gasteiger partial charge in [0, 0.05) is 29.4 Å². The minimum Gasteiger partial charge on any atom is -0.385 e. The van der Waals surface area contributed by atoms with Crippen LogP contribution in [0.15, 0.2) is 22.7 Å². The third-order valence-electron chi connectivity index (χ3n) is 3.20. The van der Waals surface area contributed by atoms with E-state index in [9.17, 15) is 4.79 Å². The van der Waals surface area contributed by atoms with Crippen molar-refractivity contribution in [1.29, 1.82) is 0 Å². The molecule has 2 aromatic rings. The van der Waals surface area contributed by atoms with Gasteiger partial charge in [-0.3, -0.25) is 4.79 Å². The SMILES string of the molecule is CCNc1ccc(Cl)cc1C(=O)NCc1c(C)noc1C. The highest BCUT2D eigenvalue weighted by atomic mass is 35.5. The predicted octanol–water partition coefficient (Wildman–Crippen LogP) is 3.31. The fraction of sp³-hybridized carbons (Fsp3) is 0.333. The smallest absolute Gasteiger partial charge is 0.253 e. The number of aryl methyl sites for hydroxylation is 2. The molecule has 21 heavy (non-hydrogen) atoms.